The van der Waals surface area contributed by atoms with Gasteiger partial charge >= 0.3 is 5.97 Å². The quantitative estimate of drug-likeness (QED) is 0.532. The number of amides is 3. The molecule has 1 saturated carbocycles. The van der Waals surface area contributed by atoms with E-state index < -0.39 is 11.9 Å². The van der Waals surface area contributed by atoms with Crippen molar-refractivity contribution in [3.63, 3.8) is 0 Å². The number of nitrogens with zero attached hydrogens (tertiary/aromatic N) is 1. The van der Waals surface area contributed by atoms with E-state index in [1.165, 1.54) is 38.4 Å². The molecule has 1 saturated heterocycles. The summed E-state index contributed by atoms with van der Waals surface area (Å²) in [4.78, 5) is 50.9. The first-order chi connectivity index (χ1) is 14.4. The molecule has 0 aromatic heterocycles. The Morgan fingerprint density at radius 1 is 1.00 bits per heavy atom. The second kappa shape index (κ2) is 9.15. The van der Waals surface area contributed by atoms with Gasteiger partial charge in [-0.3, -0.25) is 19.3 Å². The van der Waals surface area contributed by atoms with Crippen molar-refractivity contribution in [2.75, 3.05) is 33.2 Å². The monoisotopic (exact) mass is 418 g/mol. The summed E-state index contributed by atoms with van der Waals surface area (Å²) in [6, 6.07) is 2.88. The summed E-state index contributed by atoms with van der Waals surface area (Å²) in [7, 11) is 4.10. The minimum atomic E-state index is -0.653. The molecule has 0 unspecified atom stereocenters. The van der Waals surface area contributed by atoms with E-state index in [-0.39, 0.29) is 47.9 Å². The van der Waals surface area contributed by atoms with E-state index in [9.17, 15) is 19.2 Å². The van der Waals surface area contributed by atoms with Gasteiger partial charge in [0.05, 0.1) is 44.4 Å². The van der Waals surface area contributed by atoms with Gasteiger partial charge < -0.3 is 19.5 Å². The number of carbonyl (C=O) groups excluding carboxylic acids is 4. The fourth-order valence-electron chi connectivity index (χ4n) is 4.14. The Labute approximate surface area is 174 Å². The largest absolute Gasteiger partial charge is 0.493 e. The molecule has 3 amide bonds. The van der Waals surface area contributed by atoms with E-state index in [0.29, 0.717) is 11.5 Å². The van der Waals surface area contributed by atoms with Gasteiger partial charge in [0.2, 0.25) is 17.7 Å². The Morgan fingerprint density at radius 3 is 2.10 bits per heavy atom. The number of rotatable bonds is 7. The number of fused-ring (bicyclic) bond motifs is 1. The zero-order valence-electron chi connectivity index (χ0n) is 17.4. The Morgan fingerprint density at radius 2 is 1.57 bits per heavy atom. The molecule has 2 aliphatic rings. The molecule has 9 heteroatoms. The molecule has 2 fully saturated rings. The van der Waals surface area contributed by atoms with Crippen LogP contribution in [0.15, 0.2) is 12.1 Å². The Balaban J connectivity index is 1.71. The lowest BCUT2D eigenvalue weighted by atomic mass is 9.81. The van der Waals surface area contributed by atoms with E-state index in [0.717, 1.165) is 25.7 Å². The Hall–Kier alpha value is -3.10. The summed E-state index contributed by atoms with van der Waals surface area (Å²) >= 11 is 0. The number of methoxy groups -OCH3 is 3. The zero-order chi connectivity index (χ0) is 21.8. The molecule has 1 aromatic carbocycles. The molecule has 1 aromatic rings. The van der Waals surface area contributed by atoms with Crippen LogP contribution in [0, 0.1) is 11.8 Å². The average molecular weight is 418 g/mol. The van der Waals surface area contributed by atoms with Crippen molar-refractivity contribution >= 4 is 29.4 Å². The maximum atomic E-state index is 12.5. The summed E-state index contributed by atoms with van der Waals surface area (Å²) in [6.07, 6.45) is 3.28. The normalized spacial score (nSPS) is 20.6. The predicted octanol–water partition coefficient (Wildman–Crippen LogP) is 1.99. The van der Waals surface area contributed by atoms with Crippen LogP contribution in [0.25, 0.3) is 0 Å². The van der Waals surface area contributed by atoms with Gasteiger partial charge in [-0.05, 0) is 12.8 Å². The van der Waals surface area contributed by atoms with Crippen LogP contribution in [-0.4, -0.2) is 56.5 Å². The van der Waals surface area contributed by atoms with Crippen LogP contribution in [0.2, 0.25) is 0 Å². The summed E-state index contributed by atoms with van der Waals surface area (Å²) < 4.78 is 15.2. The molecule has 0 bridgehead atoms. The topological polar surface area (TPSA) is 111 Å². The van der Waals surface area contributed by atoms with Crippen molar-refractivity contribution in [1.29, 1.82) is 0 Å². The van der Waals surface area contributed by atoms with Crippen LogP contribution in [0.5, 0.6) is 11.5 Å². The maximum Gasteiger partial charge on any atom is 0.340 e. The predicted molar refractivity (Wildman–Crippen MR) is 106 cm³/mol. The van der Waals surface area contributed by atoms with Crippen molar-refractivity contribution in [3.05, 3.63) is 17.7 Å². The number of hydrogen-bond acceptors (Lipinski definition) is 7. The first-order valence-corrected chi connectivity index (χ1v) is 9.90. The summed E-state index contributed by atoms with van der Waals surface area (Å²) in [5.41, 5.74) is 0.292. The second-order valence-corrected chi connectivity index (χ2v) is 7.37. The molecular formula is C21H26N2O7. The Bertz CT molecular complexity index is 843. The van der Waals surface area contributed by atoms with Gasteiger partial charge in [0.25, 0.3) is 0 Å². The van der Waals surface area contributed by atoms with Gasteiger partial charge in [0, 0.05) is 25.1 Å². The summed E-state index contributed by atoms with van der Waals surface area (Å²) in [6.45, 7) is 0.0113. The van der Waals surface area contributed by atoms with Crippen LogP contribution in [0.4, 0.5) is 5.69 Å². The molecule has 162 valence electrons. The number of likely N-dealkylation sites (tertiary alicyclic amines) is 1. The SMILES string of the molecule is COC(=O)c1cc(OC)c(OC)cc1NC(=O)CCN1C(=O)[C@H]2CCCC[C@H]2C1=O. The van der Waals surface area contributed by atoms with Crippen LogP contribution in [0.3, 0.4) is 0 Å². The minimum Gasteiger partial charge on any atom is -0.493 e. The fraction of sp³-hybridized carbons (Fsp3) is 0.524. The van der Waals surface area contributed by atoms with Crippen molar-refractivity contribution in [1.82, 2.24) is 4.90 Å². The molecule has 2 atom stereocenters. The summed E-state index contributed by atoms with van der Waals surface area (Å²) in [5, 5.41) is 2.64. The van der Waals surface area contributed by atoms with Gasteiger partial charge in [-0.15, -0.1) is 0 Å². The highest BCUT2D eigenvalue weighted by Crippen LogP contribution is 2.38. The second-order valence-electron chi connectivity index (χ2n) is 7.37. The zero-order valence-corrected chi connectivity index (χ0v) is 17.4. The van der Waals surface area contributed by atoms with Crippen LogP contribution >= 0.6 is 0 Å². The molecule has 1 heterocycles. The first kappa shape index (κ1) is 21.6. The van der Waals surface area contributed by atoms with E-state index in [1.807, 2.05) is 0 Å². The van der Waals surface area contributed by atoms with E-state index in [4.69, 9.17) is 14.2 Å². The number of carbonyl (C=O) groups is 4. The third-order valence-corrected chi connectivity index (χ3v) is 5.70. The first-order valence-electron chi connectivity index (χ1n) is 9.90. The van der Waals surface area contributed by atoms with Crippen LogP contribution in [0.1, 0.15) is 42.5 Å². The highest BCUT2D eigenvalue weighted by atomic mass is 16.5. The molecule has 3 rings (SSSR count). The van der Waals surface area contributed by atoms with Crippen LogP contribution in [-0.2, 0) is 19.1 Å². The number of imide groups is 1. The highest BCUT2D eigenvalue weighted by Gasteiger charge is 2.47. The van der Waals surface area contributed by atoms with E-state index in [1.54, 1.807) is 0 Å². The van der Waals surface area contributed by atoms with E-state index in [2.05, 4.69) is 5.32 Å². The standard InChI is InChI=1S/C21H26N2O7/c1-28-16-10-14(21(27)30-3)15(11-17(16)29-2)22-18(24)8-9-23-19(25)12-6-4-5-7-13(12)20(23)26/h10-13H,4-9H2,1-3H3,(H,22,24)/t12-,13+. The summed E-state index contributed by atoms with van der Waals surface area (Å²) in [5.74, 6) is -1.31. The molecule has 0 spiro atoms. The lowest BCUT2D eigenvalue weighted by molar-refractivity contribution is -0.140. The van der Waals surface area contributed by atoms with Crippen molar-refractivity contribution < 1.29 is 33.4 Å². The number of nitrogens with one attached hydrogen (secondary N) is 1. The van der Waals surface area contributed by atoms with Crippen molar-refractivity contribution in [2.45, 2.75) is 32.1 Å². The molecule has 9 nitrogen and oxygen atoms in total. The van der Waals surface area contributed by atoms with Gasteiger partial charge in [0.15, 0.2) is 11.5 Å². The fourth-order valence-corrected chi connectivity index (χ4v) is 4.14. The minimum absolute atomic E-state index is 0.0113. The van der Waals surface area contributed by atoms with E-state index >= 15 is 0 Å². The lowest BCUT2D eigenvalue weighted by Crippen LogP contribution is -2.34. The average Bonchev–Trinajstić information content (AvgIpc) is 3.01. The molecule has 1 aliphatic heterocycles. The van der Waals surface area contributed by atoms with Gasteiger partial charge in [-0.25, -0.2) is 4.79 Å². The number of benzene rings is 1. The maximum absolute atomic E-state index is 12.5. The number of anilines is 1. The smallest absolute Gasteiger partial charge is 0.340 e. The molecular weight excluding hydrogens is 392 g/mol. The number of esters is 1. The lowest BCUT2D eigenvalue weighted by Gasteiger charge is -2.19. The molecule has 0 radical (unpaired) electrons. The third kappa shape index (κ3) is 4.10. The molecule has 1 N–H and O–H groups in total. The highest BCUT2D eigenvalue weighted by molar-refractivity contribution is 6.06. The van der Waals surface area contributed by atoms with Crippen LogP contribution < -0.4 is 14.8 Å². The third-order valence-electron chi connectivity index (χ3n) is 5.70. The number of hydrogen-bond donors (Lipinski definition) is 1. The van der Waals surface area contributed by atoms with Gasteiger partial charge in [-0.1, -0.05) is 12.8 Å². The molecule has 30 heavy (non-hydrogen) atoms. The van der Waals surface area contributed by atoms with Gasteiger partial charge in [0.1, 0.15) is 0 Å². The number of ether oxygens (including phenoxy) is 3. The van der Waals surface area contributed by atoms with Crippen molar-refractivity contribution in [3.8, 4) is 11.5 Å². The Kier molecular flexibility index (Phi) is 6.59. The molecule has 1 aliphatic carbocycles. The van der Waals surface area contributed by atoms with Gasteiger partial charge in [-0.2, -0.15) is 0 Å². The van der Waals surface area contributed by atoms with Crippen molar-refractivity contribution in [2.24, 2.45) is 11.8 Å².